The van der Waals surface area contributed by atoms with Gasteiger partial charge in [-0.2, -0.15) is 5.26 Å². The molecule has 7 nitrogen and oxygen atoms in total. The molecule has 1 saturated heterocycles. The number of pyridine rings is 1. The van der Waals surface area contributed by atoms with Crippen molar-refractivity contribution in [3.8, 4) is 23.3 Å². The van der Waals surface area contributed by atoms with Crippen molar-refractivity contribution in [3.05, 3.63) is 47.1 Å². The van der Waals surface area contributed by atoms with Crippen LogP contribution in [0.3, 0.4) is 0 Å². The second-order valence-corrected chi connectivity index (χ2v) is 8.59. The van der Waals surface area contributed by atoms with Crippen LogP contribution in [0.1, 0.15) is 18.4 Å². The molecule has 0 radical (unpaired) electrons. The summed E-state index contributed by atoms with van der Waals surface area (Å²) in [6.45, 7) is 2.81. The monoisotopic (exact) mass is 466 g/mol. The fraction of sp³-hybridized carbons (Fsp3) is 0.360. The molecule has 3 aromatic rings. The van der Waals surface area contributed by atoms with Gasteiger partial charge < -0.3 is 24.4 Å². The molecule has 1 aliphatic heterocycles. The topological polar surface area (TPSA) is 79.6 Å². The van der Waals surface area contributed by atoms with Crippen LogP contribution in [0, 0.1) is 17.2 Å². The van der Waals surface area contributed by atoms with Crippen molar-refractivity contribution in [1.82, 2.24) is 9.88 Å². The lowest BCUT2D eigenvalue weighted by Gasteiger charge is -2.29. The zero-order chi connectivity index (χ0) is 23.4. The number of nitrogens with zero attached hydrogens (tertiary/aromatic N) is 3. The van der Waals surface area contributed by atoms with E-state index >= 15 is 0 Å². The highest BCUT2D eigenvalue weighted by molar-refractivity contribution is 6.33. The van der Waals surface area contributed by atoms with E-state index in [1.54, 1.807) is 32.4 Å². The number of methoxy groups -OCH3 is 2. The van der Waals surface area contributed by atoms with E-state index in [1.165, 1.54) is 6.20 Å². The normalized spacial score (nSPS) is 14.6. The van der Waals surface area contributed by atoms with Crippen LogP contribution in [0.15, 0.2) is 36.5 Å². The van der Waals surface area contributed by atoms with Crippen molar-refractivity contribution >= 4 is 33.9 Å². The summed E-state index contributed by atoms with van der Waals surface area (Å²) in [6, 6.07) is 11.3. The summed E-state index contributed by atoms with van der Waals surface area (Å²) < 4.78 is 17.2. The summed E-state index contributed by atoms with van der Waals surface area (Å²) in [7, 11) is 5.34. The lowest BCUT2D eigenvalue weighted by atomic mass is 9.98. The van der Waals surface area contributed by atoms with Gasteiger partial charge >= 0.3 is 0 Å². The van der Waals surface area contributed by atoms with Gasteiger partial charge in [0, 0.05) is 17.6 Å². The van der Waals surface area contributed by atoms with Crippen molar-refractivity contribution in [2.24, 2.45) is 5.92 Å². The Bertz CT molecular complexity index is 1190. The first-order chi connectivity index (χ1) is 16.0. The van der Waals surface area contributed by atoms with Crippen LogP contribution >= 0.6 is 11.6 Å². The average Bonchev–Trinajstić information content (AvgIpc) is 2.84. The Morgan fingerprint density at radius 3 is 2.67 bits per heavy atom. The van der Waals surface area contributed by atoms with E-state index in [4.69, 9.17) is 25.8 Å². The van der Waals surface area contributed by atoms with E-state index in [-0.39, 0.29) is 0 Å². The van der Waals surface area contributed by atoms with E-state index in [9.17, 15) is 5.26 Å². The Balaban J connectivity index is 1.69. The second kappa shape index (κ2) is 10.2. The predicted octanol–water partition coefficient (Wildman–Crippen LogP) is 5.24. The zero-order valence-corrected chi connectivity index (χ0v) is 19.8. The van der Waals surface area contributed by atoms with Crippen molar-refractivity contribution < 1.29 is 14.2 Å². The smallest absolute Gasteiger partial charge is 0.187 e. The van der Waals surface area contributed by atoms with Gasteiger partial charge in [-0.05, 0) is 63.2 Å². The number of anilines is 2. The first-order valence-electron chi connectivity index (χ1n) is 10.9. The molecule has 0 atom stereocenters. The van der Waals surface area contributed by atoms with E-state index in [1.807, 2.05) is 12.1 Å². The number of nitriles is 1. The third-order valence-electron chi connectivity index (χ3n) is 6.03. The van der Waals surface area contributed by atoms with Crippen molar-refractivity contribution in [2.45, 2.75) is 12.8 Å². The average molecular weight is 467 g/mol. The molecule has 0 aliphatic carbocycles. The molecule has 2 aromatic carbocycles. The maximum atomic E-state index is 9.71. The van der Waals surface area contributed by atoms with Crippen LogP contribution < -0.4 is 19.5 Å². The molecule has 0 spiro atoms. The molecule has 1 N–H and O–H groups in total. The number of aromatic nitrogens is 1. The molecular weight excluding hydrogens is 440 g/mol. The largest absolute Gasteiger partial charge is 0.497 e. The van der Waals surface area contributed by atoms with Crippen LogP contribution in [-0.4, -0.2) is 50.8 Å². The van der Waals surface area contributed by atoms with Gasteiger partial charge in [0.15, 0.2) is 11.5 Å². The number of nitrogens with one attached hydrogen (secondary N) is 1. The molecule has 4 rings (SSSR count). The Morgan fingerprint density at radius 1 is 1.18 bits per heavy atom. The number of fused-ring (bicyclic) bond motifs is 1. The first-order valence-corrected chi connectivity index (χ1v) is 11.2. The van der Waals surface area contributed by atoms with Crippen LogP contribution in [-0.2, 0) is 0 Å². The minimum Gasteiger partial charge on any atom is -0.497 e. The first kappa shape index (κ1) is 23.0. The van der Waals surface area contributed by atoms with Gasteiger partial charge in [0.05, 0.1) is 42.8 Å². The third kappa shape index (κ3) is 4.92. The molecule has 8 heteroatoms. The SMILES string of the molecule is COc1ccc(Cl)c(Nc2c(C#N)cnc3c(OC)c(OCC4CCN(C)CC4)ccc23)c1. The Labute approximate surface area is 198 Å². The van der Waals surface area contributed by atoms with Gasteiger partial charge in [-0.1, -0.05) is 11.6 Å². The molecule has 1 aromatic heterocycles. The fourth-order valence-corrected chi connectivity index (χ4v) is 4.21. The highest BCUT2D eigenvalue weighted by Crippen LogP contribution is 2.40. The van der Waals surface area contributed by atoms with Gasteiger partial charge in [-0.3, -0.25) is 4.98 Å². The molecule has 0 saturated carbocycles. The van der Waals surface area contributed by atoms with Gasteiger partial charge in [0.25, 0.3) is 0 Å². The minimum atomic E-state index is 0.392. The van der Waals surface area contributed by atoms with Crippen LogP contribution in [0.5, 0.6) is 17.2 Å². The van der Waals surface area contributed by atoms with Gasteiger partial charge in [-0.15, -0.1) is 0 Å². The third-order valence-corrected chi connectivity index (χ3v) is 6.36. The number of benzene rings is 2. The summed E-state index contributed by atoms with van der Waals surface area (Å²) in [5, 5.41) is 14.2. The number of halogens is 1. The molecule has 1 fully saturated rings. The molecule has 0 amide bonds. The highest BCUT2D eigenvalue weighted by Gasteiger charge is 2.20. The fourth-order valence-electron chi connectivity index (χ4n) is 4.05. The highest BCUT2D eigenvalue weighted by atomic mass is 35.5. The van der Waals surface area contributed by atoms with Crippen molar-refractivity contribution in [2.75, 3.05) is 46.3 Å². The molecular formula is C25H27ClN4O3. The van der Waals surface area contributed by atoms with E-state index in [0.29, 0.717) is 57.3 Å². The summed E-state index contributed by atoms with van der Waals surface area (Å²) in [6.07, 6.45) is 3.76. The number of hydrogen-bond acceptors (Lipinski definition) is 7. The molecule has 33 heavy (non-hydrogen) atoms. The van der Waals surface area contributed by atoms with Crippen molar-refractivity contribution in [3.63, 3.8) is 0 Å². The van der Waals surface area contributed by atoms with E-state index in [2.05, 4.69) is 28.3 Å². The zero-order valence-electron chi connectivity index (χ0n) is 19.0. The number of likely N-dealkylation sites (tertiary alicyclic amines) is 1. The lowest BCUT2D eigenvalue weighted by Crippen LogP contribution is -2.32. The van der Waals surface area contributed by atoms with Crippen molar-refractivity contribution in [1.29, 1.82) is 5.26 Å². The maximum Gasteiger partial charge on any atom is 0.187 e. The summed E-state index contributed by atoms with van der Waals surface area (Å²) in [5.74, 6) is 2.36. The molecule has 0 bridgehead atoms. The number of ether oxygens (including phenoxy) is 3. The van der Waals surface area contributed by atoms with Gasteiger partial charge in [-0.25, -0.2) is 0 Å². The summed E-state index contributed by atoms with van der Waals surface area (Å²) >= 11 is 6.39. The molecule has 1 aliphatic rings. The Morgan fingerprint density at radius 2 is 1.97 bits per heavy atom. The quantitative estimate of drug-likeness (QED) is 0.510. The number of piperidine rings is 1. The summed E-state index contributed by atoms with van der Waals surface area (Å²) in [5.41, 5.74) is 2.22. The van der Waals surface area contributed by atoms with Gasteiger partial charge in [0.2, 0.25) is 0 Å². The predicted molar refractivity (Wildman–Crippen MR) is 130 cm³/mol. The lowest BCUT2D eigenvalue weighted by molar-refractivity contribution is 0.157. The standard InChI is InChI=1S/C25H27ClN4O3/c1-30-10-8-16(9-11-30)15-33-22-7-5-19-23(17(13-27)14-28-24(19)25(22)32-3)29-21-12-18(31-2)4-6-20(21)26/h4-7,12,14,16H,8-11,15H2,1-3H3,(H,28,29). The Hall–Kier alpha value is -3.21. The minimum absolute atomic E-state index is 0.392. The van der Waals surface area contributed by atoms with Crippen LogP contribution in [0.2, 0.25) is 5.02 Å². The van der Waals surface area contributed by atoms with E-state index in [0.717, 1.165) is 31.3 Å². The maximum absolute atomic E-state index is 9.71. The van der Waals surface area contributed by atoms with Crippen LogP contribution in [0.25, 0.3) is 10.9 Å². The number of rotatable bonds is 7. The van der Waals surface area contributed by atoms with Gasteiger partial charge in [0.1, 0.15) is 17.3 Å². The molecule has 2 heterocycles. The summed E-state index contributed by atoms with van der Waals surface area (Å²) in [4.78, 5) is 6.85. The van der Waals surface area contributed by atoms with E-state index < -0.39 is 0 Å². The van der Waals surface area contributed by atoms with Crippen LogP contribution in [0.4, 0.5) is 11.4 Å². The molecule has 0 unspecified atom stereocenters. The number of hydrogen-bond donors (Lipinski definition) is 1. The molecule has 172 valence electrons. The Kier molecular flexibility index (Phi) is 7.07. The second-order valence-electron chi connectivity index (χ2n) is 8.18.